The van der Waals surface area contributed by atoms with Gasteiger partial charge in [0.2, 0.25) is 15.9 Å². The summed E-state index contributed by atoms with van der Waals surface area (Å²) in [6.07, 6.45) is 4.21. The number of carbonyl (C=O) groups excluding carboxylic acids is 1. The van der Waals surface area contributed by atoms with E-state index in [-0.39, 0.29) is 33.9 Å². The second kappa shape index (κ2) is 12.7. The summed E-state index contributed by atoms with van der Waals surface area (Å²) in [6, 6.07) is 23.6. The molecular weight excluding hydrogens is 529 g/mol. The highest BCUT2D eigenvalue weighted by atomic mass is 35.5. The van der Waals surface area contributed by atoms with Gasteiger partial charge in [0.25, 0.3) is 0 Å². The van der Waals surface area contributed by atoms with Crippen LogP contribution < -0.4 is 0 Å². The van der Waals surface area contributed by atoms with Crippen LogP contribution in [0.2, 0.25) is 10.0 Å². The Morgan fingerprint density at radius 2 is 1.54 bits per heavy atom. The molecule has 1 fully saturated rings. The van der Waals surface area contributed by atoms with Crippen molar-refractivity contribution in [3.8, 4) is 0 Å². The van der Waals surface area contributed by atoms with Gasteiger partial charge in [-0.1, -0.05) is 96.0 Å². The van der Waals surface area contributed by atoms with Crippen molar-refractivity contribution in [1.29, 1.82) is 0 Å². The summed E-state index contributed by atoms with van der Waals surface area (Å²) in [5.41, 5.74) is 1.92. The highest BCUT2D eigenvalue weighted by Crippen LogP contribution is 2.28. The van der Waals surface area contributed by atoms with Gasteiger partial charge in [0.15, 0.2) is 0 Å². The first kappa shape index (κ1) is 27.4. The number of halogens is 2. The van der Waals surface area contributed by atoms with E-state index in [0.29, 0.717) is 13.1 Å². The average molecular weight is 559 g/mol. The zero-order valence-electron chi connectivity index (χ0n) is 20.3. The number of rotatable bonds is 9. The first-order valence-corrected chi connectivity index (χ1v) is 14.2. The monoisotopic (exact) mass is 557 g/mol. The first-order valence-electron chi connectivity index (χ1n) is 12.0. The molecular formula is C28H29Cl2N3O3S. The third-order valence-corrected chi connectivity index (χ3v) is 8.73. The molecule has 1 amide bonds. The Morgan fingerprint density at radius 3 is 2.22 bits per heavy atom. The van der Waals surface area contributed by atoms with E-state index in [0.717, 1.165) is 30.8 Å². The van der Waals surface area contributed by atoms with Gasteiger partial charge in [-0.2, -0.15) is 4.31 Å². The molecule has 0 atom stereocenters. The van der Waals surface area contributed by atoms with Crippen molar-refractivity contribution in [2.24, 2.45) is 0 Å². The number of sulfonamides is 1. The van der Waals surface area contributed by atoms with Gasteiger partial charge in [-0.25, -0.2) is 8.42 Å². The molecule has 1 saturated heterocycles. The molecule has 0 radical (unpaired) electrons. The summed E-state index contributed by atoms with van der Waals surface area (Å²) >= 11 is 12.3. The van der Waals surface area contributed by atoms with Gasteiger partial charge in [0.05, 0.1) is 11.6 Å². The van der Waals surface area contributed by atoms with E-state index in [1.807, 2.05) is 48.5 Å². The smallest absolute Gasteiger partial charge is 0.245 e. The van der Waals surface area contributed by atoms with Gasteiger partial charge >= 0.3 is 0 Å². The normalized spacial score (nSPS) is 14.9. The molecule has 37 heavy (non-hydrogen) atoms. The number of piperazine rings is 1. The lowest BCUT2D eigenvalue weighted by molar-refractivity contribution is -0.133. The lowest BCUT2D eigenvalue weighted by Gasteiger charge is -2.35. The topological polar surface area (TPSA) is 60.9 Å². The van der Waals surface area contributed by atoms with Gasteiger partial charge in [-0.3, -0.25) is 9.69 Å². The minimum atomic E-state index is -4.09. The van der Waals surface area contributed by atoms with E-state index >= 15 is 0 Å². The third kappa shape index (κ3) is 7.43. The van der Waals surface area contributed by atoms with Crippen LogP contribution in [0.25, 0.3) is 6.08 Å². The fourth-order valence-corrected chi connectivity index (χ4v) is 6.27. The number of benzene rings is 3. The molecule has 9 heteroatoms. The van der Waals surface area contributed by atoms with E-state index in [4.69, 9.17) is 23.2 Å². The number of hydrogen-bond acceptors (Lipinski definition) is 4. The number of hydrogen-bond donors (Lipinski definition) is 0. The highest BCUT2D eigenvalue weighted by Gasteiger charge is 2.31. The van der Waals surface area contributed by atoms with E-state index < -0.39 is 10.0 Å². The first-order chi connectivity index (χ1) is 17.8. The largest absolute Gasteiger partial charge is 0.339 e. The number of nitrogens with zero attached hydrogens (tertiary/aromatic N) is 3. The van der Waals surface area contributed by atoms with E-state index in [2.05, 4.69) is 29.2 Å². The molecule has 6 nitrogen and oxygen atoms in total. The van der Waals surface area contributed by atoms with Crippen LogP contribution in [0, 0.1) is 0 Å². The molecule has 4 rings (SSSR count). The Morgan fingerprint density at radius 1 is 0.892 bits per heavy atom. The Hall–Kier alpha value is -2.68. The maximum Gasteiger partial charge on any atom is 0.245 e. The van der Waals surface area contributed by atoms with Crippen LogP contribution in [0.5, 0.6) is 0 Å². The fourth-order valence-electron chi connectivity index (χ4n) is 4.16. The van der Waals surface area contributed by atoms with Crippen molar-refractivity contribution in [1.82, 2.24) is 14.1 Å². The van der Waals surface area contributed by atoms with E-state index in [1.54, 1.807) is 4.90 Å². The van der Waals surface area contributed by atoms with Crippen LogP contribution in [0.3, 0.4) is 0 Å². The summed E-state index contributed by atoms with van der Waals surface area (Å²) in [4.78, 5) is 17.1. The van der Waals surface area contributed by atoms with Crippen LogP contribution in [-0.4, -0.2) is 67.7 Å². The SMILES string of the molecule is O=C(CN(Cc1ccccc1)S(=O)(=O)c1cc(Cl)ccc1Cl)N1CCN(C/C=C/c2ccccc2)CC1. The number of carbonyl (C=O) groups is 1. The maximum atomic E-state index is 13.6. The summed E-state index contributed by atoms with van der Waals surface area (Å²) in [5, 5.41) is 0.318. The van der Waals surface area contributed by atoms with Gasteiger partial charge in [-0.05, 0) is 29.3 Å². The Bertz CT molecular complexity index is 1330. The van der Waals surface area contributed by atoms with Crippen LogP contribution in [0.4, 0.5) is 0 Å². The van der Waals surface area contributed by atoms with Crippen molar-refractivity contribution >= 4 is 45.2 Å². The summed E-state index contributed by atoms with van der Waals surface area (Å²) in [5.74, 6) is -0.239. The molecule has 0 unspecified atom stereocenters. The molecule has 1 aliphatic heterocycles. The Labute approximate surface area is 228 Å². The molecule has 0 bridgehead atoms. The molecule has 0 saturated carbocycles. The van der Waals surface area contributed by atoms with Gasteiger partial charge in [0.1, 0.15) is 4.90 Å². The summed E-state index contributed by atoms with van der Waals surface area (Å²) in [7, 11) is -4.09. The third-order valence-electron chi connectivity index (χ3n) is 6.22. The van der Waals surface area contributed by atoms with Crippen molar-refractivity contribution in [3.63, 3.8) is 0 Å². The zero-order chi connectivity index (χ0) is 26.3. The summed E-state index contributed by atoms with van der Waals surface area (Å²) in [6.45, 7) is 3.06. The number of amides is 1. The Kier molecular flexibility index (Phi) is 9.40. The van der Waals surface area contributed by atoms with Crippen molar-refractivity contribution < 1.29 is 13.2 Å². The van der Waals surface area contributed by atoms with Crippen molar-refractivity contribution in [3.05, 3.63) is 106 Å². The van der Waals surface area contributed by atoms with Gasteiger partial charge in [-0.15, -0.1) is 0 Å². The minimum Gasteiger partial charge on any atom is -0.339 e. The average Bonchev–Trinajstić information content (AvgIpc) is 2.91. The maximum absolute atomic E-state index is 13.6. The standard InChI is InChI=1S/C28H29Cl2N3O3S/c29-25-13-14-26(30)27(20-25)37(35,36)33(21-24-10-5-2-6-11-24)22-28(34)32-18-16-31(17-19-32)15-7-12-23-8-3-1-4-9-23/h1-14,20H,15-19,21-22H2/b12-7+. The van der Waals surface area contributed by atoms with Crippen LogP contribution in [0.1, 0.15) is 11.1 Å². The molecule has 0 spiro atoms. The molecule has 3 aromatic rings. The van der Waals surface area contributed by atoms with Gasteiger partial charge in [0, 0.05) is 44.3 Å². The molecule has 0 aliphatic carbocycles. The molecule has 0 aromatic heterocycles. The molecule has 0 N–H and O–H groups in total. The molecule has 1 aliphatic rings. The minimum absolute atomic E-state index is 0.0437. The van der Waals surface area contributed by atoms with Crippen LogP contribution in [0.15, 0.2) is 89.8 Å². The van der Waals surface area contributed by atoms with Crippen LogP contribution >= 0.6 is 23.2 Å². The lowest BCUT2D eigenvalue weighted by Crippen LogP contribution is -2.51. The summed E-state index contributed by atoms with van der Waals surface area (Å²) < 4.78 is 28.4. The predicted molar refractivity (Wildman–Crippen MR) is 149 cm³/mol. The highest BCUT2D eigenvalue weighted by molar-refractivity contribution is 7.89. The molecule has 194 valence electrons. The fraction of sp³-hybridized carbons (Fsp3) is 0.250. The van der Waals surface area contributed by atoms with E-state index in [9.17, 15) is 13.2 Å². The molecule has 3 aromatic carbocycles. The second-order valence-electron chi connectivity index (χ2n) is 8.83. The molecule has 1 heterocycles. The Balaban J connectivity index is 1.42. The zero-order valence-corrected chi connectivity index (χ0v) is 22.7. The van der Waals surface area contributed by atoms with Crippen molar-refractivity contribution in [2.75, 3.05) is 39.3 Å². The van der Waals surface area contributed by atoms with E-state index in [1.165, 1.54) is 22.5 Å². The van der Waals surface area contributed by atoms with Gasteiger partial charge < -0.3 is 4.90 Å². The second-order valence-corrected chi connectivity index (χ2v) is 11.6. The van der Waals surface area contributed by atoms with Crippen LogP contribution in [-0.2, 0) is 21.4 Å². The lowest BCUT2D eigenvalue weighted by atomic mass is 10.2. The van der Waals surface area contributed by atoms with Crippen molar-refractivity contribution in [2.45, 2.75) is 11.4 Å². The quantitative estimate of drug-likeness (QED) is 0.369. The predicted octanol–water partition coefficient (Wildman–Crippen LogP) is 5.04.